The number of rotatable bonds is 0. The molecule has 0 saturated heterocycles. The molecule has 0 amide bonds. The van der Waals surface area contributed by atoms with Gasteiger partial charge in [0.2, 0.25) is 0 Å². The van der Waals surface area contributed by atoms with E-state index >= 15 is 0 Å². The minimum Gasteiger partial charge on any atom is -0.206 e. The zero-order chi connectivity index (χ0) is 8.55. The molecule has 0 fully saturated rings. The highest BCUT2D eigenvalue weighted by molar-refractivity contribution is 6.38. The quantitative estimate of drug-likeness (QED) is 0.510. The number of halogens is 1. The van der Waals surface area contributed by atoms with Crippen LogP contribution in [0.4, 0.5) is 4.39 Å². The molecular weight excluding hydrogens is 150 g/mol. The minimum atomic E-state index is -0.222. The summed E-state index contributed by atoms with van der Waals surface area (Å²) in [6.45, 7) is 0. The van der Waals surface area contributed by atoms with Crippen molar-refractivity contribution < 1.29 is 4.39 Å². The molecule has 0 aromatic heterocycles. The summed E-state index contributed by atoms with van der Waals surface area (Å²) in [6, 6.07) is 10.1. The second-order valence-corrected chi connectivity index (χ2v) is 2.68. The van der Waals surface area contributed by atoms with Gasteiger partial charge in [-0.2, -0.15) is 0 Å². The van der Waals surface area contributed by atoms with E-state index in [1.165, 1.54) is 6.07 Å². The Bertz CT molecular complexity index is 383. The summed E-state index contributed by atoms with van der Waals surface area (Å²) in [5.74, 6) is -0.222. The van der Waals surface area contributed by atoms with Gasteiger partial charge in [-0.15, -0.1) is 0 Å². The molecule has 2 heteroatoms. The molecule has 0 aliphatic heterocycles. The van der Waals surface area contributed by atoms with E-state index in [2.05, 4.69) is 0 Å². The molecular formula is C10H6BF. The highest BCUT2D eigenvalue weighted by Gasteiger charge is 1.99. The number of hydrogen-bond acceptors (Lipinski definition) is 0. The van der Waals surface area contributed by atoms with Gasteiger partial charge < -0.3 is 0 Å². The molecule has 0 aliphatic rings. The summed E-state index contributed by atoms with van der Waals surface area (Å²) >= 11 is 0. The van der Waals surface area contributed by atoms with Gasteiger partial charge in [0.05, 0.1) is 0 Å². The fraction of sp³-hybridized carbons (Fsp3) is 0. The average Bonchev–Trinajstić information content (AvgIpc) is 2.12. The Morgan fingerprint density at radius 2 is 1.58 bits per heavy atom. The highest BCUT2D eigenvalue weighted by Crippen LogP contribution is 2.14. The van der Waals surface area contributed by atoms with Crippen LogP contribution in [0.2, 0.25) is 0 Å². The van der Waals surface area contributed by atoms with E-state index in [1.54, 1.807) is 18.2 Å². The standard InChI is InChI=1S/C10H6BF/c11-9-5-6-10(12)8-4-2-1-3-7(8)9/h1-6H. The first-order valence-corrected chi connectivity index (χ1v) is 3.72. The molecule has 56 valence electrons. The molecule has 0 nitrogen and oxygen atoms in total. The number of benzene rings is 2. The molecule has 0 aliphatic carbocycles. The fourth-order valence-electron chi connectivity index (χ4n) is 1.29. The van der Waals surface area contributed by atoms with Gasteiger partial charge in [0, 0.05) is 5.39 Å². The van der Waals surface area contributed by atoms with Gasteiger partial charge in [0.1, 0.15) is 13.7 Å². The van der Waals surface area contributed by atoms with Crippen LogP contribution < -0.4 is 5.46 Å². The van der Waals surface area contributed by atoms with Gasteiger partial charge in [-0.1, -0.05) is 35.8 Å². The first kappa shape index (κ1) is 7.35. The van der Waals surface area contributed by atoms with Crippen LogP contribution in [0.5, 0.6) is 0 Å². The van der Waals surface area contributed by atoms with Crippen molar-refractivity contribution in [1.29, 1.82) is 0 Å². The fourth-order valence-corrected chi connectivity index (χ4v) is 1.29. The summed E-state index contributed by atoms with van der Waals surface area (Å²) in [6.07, 6.45) is 0. The summed E-state index contributed by atoms with van der Waals surface area (Å²) in [4.78, 5) is 0. The third-order valence-electron chi connectivity index (χ3n) is 1.90. The van der Waals surface area contributed by atoms with Crippen LogP contribution in [-0.4, -0.2) is 7.85 Å². The van der Waals surface area contributed by atoms with Gasteiger partial charge in [0.15, 0.2) is 0 Å². The van der Waals surface area contributed by atoms with Crippen LogP contribution >= 0.6 is 0 Å². The van der Waals surface area contributed by atoms with E-state index in [0.717, 1.165) is 5.39 Å². The Hall–Kier alpha value is -1.31. The maximum atomic E-state index is 13.1. The Kier molecular flexibility index (Phi) is 1.61. The lowest BCUT2D eigenvalue weighted by atomic mass is 9.90. The zero-order valence-electron chi connectivity index (χ0n) is 6.42. The highest BCUT2D eigenvalue weighted by atomic mass is 19.1. The van der Waals surface area contributed by atoms with Gasteiger partial charge in [-0.05, 0) is 11.5 Å². The van der Waals surface area contributed by atoms with Crippen molar-refractivity contribution >= 4 is 24.1 Å². The monoisotopic (exact) mass is 156 g/mol. The lowest BCUT2D eigenvalue weighted by molar-refractivity contribution is 0.640. The minimum absolute atomic E-state index is 0.222. The Labute approximate surface area is 71.4 Å². The van der Waals surface area contributed by atoms with Gasteiger partial charge in [-0.3, -0.25) is 0 Å². The van der Waals surface area contributed by atoms with Gasteiger partial charge >= 0.3 is 0 Å². The smallest absolute Gasteiger partial charge is 0.130 e. The van der Waals surface area contributed by atoms with Crippen LogP contribution in [0, 0.1) is 5.82 Å². The maximum Gasteiger partial charge on any atom is 0.130 e. The van der Waals surface area contributed by atoms with Crippen molar-refractivity contribution in [3.05, 3.63) is 42.2 Å². The zero-order valence-corrected chi connectivity index (χ0v) is 6.42. The second-order valence-electron chi connectivity index (χ2n) is 2.68. The second kappa shape index (κ2) is 2.63. The molecule has 0 spiro atoms. The van der Waals surface area contributed by atoms with E-state index < -0.39 is 0 Å². The molecule has 2 aromatic rings. The Morgan fingerprint density at radius 1 is 0.917 bits per heavy atom. The van der Waals surface area contributed by atoms with E-state index in [1.807, 2.05) is 12.1 Å². The first-order valence-electron chi connectivity index (χ1n) is 3.72. The largest absolute Gasteiger partial charge is 0.206 e. The third-order valence-corrected chi connectivity index (χ3v) is 1.90. The summed E-state index contributed by atoms with van der Waals surface area (Å²) in [5, 5.41) is 1.36. The lowest BCUT2D eigenvalue weighted by Gasteiger charge is -2.01. The van der Waals surface area contributed by atoms with E-state index in [-0.39, 0.29) is 5.82 Å². The number of hydrogen-bond donors (Lipinski definition) is 0. The molecule has 2 rings (SSSR count). The molecule has 0 heterocycles. The van der Waals surface area contributed by atoms with Crippen LogP contribution in [0.1, 0.15) is 0 Å². The average molecular weight is 156 g/mol. The summed E-state index contributed by atoms with van der Waals surface area (Å²) < 4.78 is 13.1. The number of fused-ring (bicyclic) bond motifs is 1. The third kappa shape index (κ3) is 1.000. The SMILES string of the molecule is [B]c1ccc(F)c2ccccc12. The van der Waals surface area contributed by atoms with Crippen LogP contribution in [-0.2, 0) is 0 Å². The molecule has 2 aromatic carbocycles. The normalized spacial score (nSPS) is 10.4. The Balaban J connectivity index is 2.95. The topological polar surface area (TPSA) is 0 Å². The molecule has 0 unspecified atom stereocenters. The summed E-state index contributed by atoms with van der Waals surface area (Å²) in [5.41, 5.74) is 0.618. The van der Waals surface area contributed by atoms with E-state index in [4.69, 9.17) is 7.85 Å². The van der Waals surface area contributed by atoms with Crippen molar-refractivity contribution in [1.82, 2.24) is 0 Å². The van der Waals surface area contributed by atoms with Crippen LogP contribution in [0.25, 0.3) is 10.8 Å². The summed E-state index contributed by atoms with van der Waals surface area (Å²) in [7, 11) is 5.66. The van der Waals surface area contributed by atoms with Crippen LogP contribution in [0.15, 0.2) is 36.4 Å². The van der Waals surface area contributed by atoms with Gasteiger partial charge in [0.25, 0.3) is 0 Å². The van der Waals surface area contributed by atoms with Crippen molar-refractivity contribution in [2.75, 3.05) is 0 Å². The van der Waals surface area contributed by atoms with Crippen molar-refractivity contribution in [3.63, 3.8) is 0 Å². The molecule has 0 saturated carbocycles. The maximum absolute atomic E-state index is 13.1. The van der Waals surface area contributed by atoms with E-state index in [9.17, 15) is 4.39 Å². The Morgan fingerprint density at radius 3 is 2.25 bits per heavy atom. The van der Waals surface area contributed by atoms with Crippen LogP contribution in [0.3, 0.4) is 0 Å². The van der Waals surface area contributed by atoms with Gasteiger partial charge in [-0.25, -0.2) is 4.39 Å². The van der Waals surface area contributed by atoms with Crippen molar-refractivity contribution in [2.24, 2.45) is 0 Å². The molecule has 0 N–H and O–H groups in total. The molecule has 2 radical (unpaired) electrons. The first-order chi connectivity index (χ1) is 5.79. The predicted octanol–water partition coefficient (Wildman–Crippen LogP) is 1.77. The lowest BCUT2D eigenvalue weighted by Crippen LogP contribution is -2.03. The van der Waals surface area contributed by atoms with Crippen molar-refractivity contribution in [2.45, 2.75) is 0 Å². The molecule has 12 heavy (non-hydrogen) atoms. The molecule has 0 atom stereocenters. The van der Waals surface area contributed by atoms with E-state index in [0.29, 0.717) is 10.8 Å². The predicted molar refractivity (Wildman–Crippen MR) is 49.3 cm³/mol. The molecule has 0 bridgehead atoms. The van der Waals surface area contributed by atoms with Crippen molar-refractivity contribution in [3.8, 4) is 0 Å².